The molecule has 3 aliphatic rings. The summed E-state index contributed by atoms with van der Waals surface area (Å²) in [5, 5.41) is 7.76. The molecule has 5 heteroatoms. The van der Waals surface area contributed by atoms with E-state index in [0.717, 1.165) is 19.0 Å². The van der Waals surface area contributed by atoms with Gasteiger partial charge in [0.1, 0.15) is 0 Å². The van der Waals surface area contributed by atoms with Gasteiger partial charge in [0, 0.05) is 44.3 Å². The lowest BCUT2D eigenvalue weighted by molar-refractivity contribution is -0.139. The van der Waals surface area contributed by atoms with Gasteiger partial charge in [-0.05, 0) is 50.0 Å². The van der Waals surface area contributed by atoms with Crippen LogP contribution in [0.25, 0.3) is 0 Å². The van der Waals surface area contributed by atoms with Crippen molar-refractivity contribution in [3.05, 3.63) is 18.0 Å². The third-order valence-corrected chi connectivity index (χ3v) is 6.26. The lowest BCUT2D eigenvalue weighted by atomic mass is 9.84. The lowest BCUT2D eigenvalue weighted by Crippen LogP contribution is -2.47. The van der Waals surface area contributed by atoms with Crippen LogP contribution in [0, 0.1) is 11.8 Å². The number of amides is 1. The highest BCUT2D eigenvalue weighted by Gasteiger charge is 2.44. The highest BCUT2D eigenvalue weighted by atomic mass is 16.2. The second-order valence-corrected chi connectivity index (χ2v) is 8.21. The van der Waals surface area contributed by atoms with E-state index in [-0.39, 0.29) is 11.8 Å². The predicted molar refractivity (Wildman–Crippen MR) is 93.6 cm³/mol. The molecule has 4 rings (SSSR count). The zero-order valence-corrected chi connectivity index (χ0v) is 14.9. The van der Waals surface area contributed by atoms with Crippen LogP contribution in [0.15, 0.2) is 12.4 Å². The van der Waals surface area contributed by atoms with Crippen LogP contribution in [0.3, 0.4) is 0 Å². The van der Waals surface area contributed by atoms with Gasteiger partial charge < -0.3 is 10.2 Å². The molecule has 1 saturated heterocycles. The third kappa shape index (κ3) is 3.10. The fourth-order valence-electron chi connectivity index (χ4n) is 4.64. The minimum absolute atomic E-state index is 0.0779. The number of rotatable bonds is 4. The van der Waals surface area contributed by atoms with Gasteiger partial charge in [-0.1, -0.05) is 6.92 Å². The highest BCUT2D eigenvalue weighted by Crippen LogP contribution is 2.38. The average Bonchev–Trinajstić information content (AvgIpc) is 3.10. The van der Waals surface area contributed by atoms with Gasteiger partial charge in [0.05, 0.1) is 12.1 Å². The summed E-state index contributed by atoms with van der Waals surface area (Å²) in [4.78, 5) is 15.8. The van der Waals surface area contributed by atoms with Crippen molar-refractivity contribution in [2.24, 2.45) is 18.9 Å². The molecule has 1 amide bonds. The smallest absolute Gasteiger partial charge is 0.228 e. The molecule has 3 fully saturated rings. The van der Waals surface area contributed by atoms with Crippen LogP contribution in [0.4, 0.5) is 0 Å². The Morgan fingerprint density at radius 1 is 1.17 bits per heavy atom. The molecular weight excluding hydrogens is 300 g/mol. The van der Waals surface area contributed by atoms with Crippen LogP contribution in [0.2, 0.25) is 0 Å². The average molecular weight is 330 g/mol. The van der Waals surface area contributed by atoms with Crippen molar-refractivity contribution in [3.63, 3.8) is 0 Å². The Hall–Kier alpha value is -1.36. The van der Waals surface area contributed by atoms with Crippen LogP contribution < -0.4 is 5.32 Å². The van der Waals surface area contributed by atoms with E-state index >= 15 is 0 Å². The molecule has 2 aliphatic carbocycles. The predicted octanol–water partition coefficient (Wildman–Crippen LogP) is 2.29. The Morgan fingerprint density at radius 2 is 1.83 bits per heavy atom. The second kappa shape index (κ2) is 6.51. The lowest BCUT2D eigenvalue weighted by Gasteiger charge is -2.38. The molecule has 24 heavy (non-hydrogen) atoms. The summed E-state index contributed by atoms with van der Waals surface area (Å²) in [5.41, 5.74) is 1.20. The van der Waals surface area contributed by atoms with Crippen molar-refractivity contribution in [2.75, 3.05) is 13.1 Å². The molecule has 2 atom stereocenters. The number of hydrogen-bond donors (Lipinski definition) is 1. The fraction of sp³-hybridized carbons (Fsp3) is 0.789. The molecule has 0 radical (unpaired) electrons. The number of aryl methyl sites for hydroxylation is 1. The monoisotopic (exact) mass is 330 g/mol. The molecular formula is C19H30N4O. The Kier molecular flexibility index (Phi) is 4.37. The SMILES string of the molecule is CC1CCC(N(C(=O)[C@H]2CNC[C@@H]2c2cnn(C)c2)C2CC2)CC1. The van der Waals surface area contributed by atoms with E-state index in [1.165, 1.54) is 44.1 Å². The normalized spacial score (nSPS) is 33.6. The summed E-state index contributed by atoms with van der Waals surface area (Å²) in [5.74, 6) is 1.58. The molecule has 5 nitrogen and oxygen atoms in total. The molecule has 0 aromatic carbocycles. The number of carbonyl (C=O) groups is 1. The molecule has 1 aliphatic heterocycles. The number of aromatic nitrogens is 2. The van der Waals surface area contributed by atoms with Crippen molar-refractivity contribution in [1.29, 1.82) is 0 Å². The molecule has 132 valence electrons. The van der Waals surface area contributed by atoms with Gasteiger partial charge in [0.2, 0.25) is 5.91 Å². The van der Waals surface area contributed by atoms with Crippen LogP contribution in [0.1, 0.15) is 56.9 Å². The Balaban J connectivity index is 1.51. The summed E-state index contributed by atoms with van der Waals surface area (Å²) in [7, 11) is 1.95. The largest absolute Gasteiger partial charge is 0.336 e. The van der Waals surface area contributed by atoms with E-state index in [4.69, 9.17) is 0 Å². The zero-order chi connectivity index (χ0) is 16.7. The van der Waals surface area contributed by atoms with Crippen molar-refractivity contribution < 1.29 is 4.79 Å². The maximum atomic E-state index is 13.5. The van der Waals surface area contributed by atoms with Gasteiger partial charge in [-0.3, -0.25) is 9.48 Å². The maximum absolute atomic E-state index is 13.5. The maximum Gasteiger partial charge on any atom is 0.228 e. The second-order valence-electron chi connectivity index (χ2n) is 8.21. The van der Waals surface area contributed by atoms with Gasteiger partial charge in [-0.25, -0.2) is 0 Å². The molecule has 0 unspecified atom stereocenters. The molecule has 2 saturated carbocycles. The molecule has 1 aromatic rings. The first-order valence-corrected chi connectivity index (χ1v) is 9.65. The molecule has 1 aromatic heterocycles. The van der Waals surface area contributed by atoms with Gasteiger partial charge >= 0.3 is 0 Å². The number of hydrogen-bond acceptors (Lipinski definition) is 3. The van der Waals surface area contributed by atoms with Crippen molar-refractivity contribution in [3.8, 4) is 0 Å². The number of nitrogens with one attached hydrogen (secondary N) is 1. The van der Waals surface area contributed by atoms with Crippen LogP contribution >= 0.6 is 0 Å². The number of carbonyl (C=O) groups excluding carboxylic acids is 1. The van der Waals surface area contributed by atoms with E-state index in [1.807, 2.05) is 17.9 Å². The first-order chi connectivity index (χ1) is 11.6. The van der Waals surface area contributed by atoms with E-state index < -0.39 is 0 Å². The van der Waals surface area contributed by atoms with Crippen LogP contribution in [-0.4, -0.2) is 45.8 Å². The van der Waals surface area contributed by atoms with E-state index in [1.54, 1.807) is 0 Å². The van der Waals surface area contributed by atoms with Crippen molar-refractivity contribution in [2.45, 2.75) is 63.5 Å². The third-order valence-electron chi connectivity index (χ3n) is 6.26. The van der Waals surface area contributed by atoms with E-state index in [0.29, 0.717) is 18.0 Å². The first-order valence-electron chi connectivity index (χ1n) is 9.65. The summed E-state index contributed by atoms with van der Waals surface area (Å²) >= 11 is 0. The molecule has 1 N–H and O–H groups in total. The fourth-order valence-corrected chi connectivity index (χ4v) is 4.64. The Bertz CT molecular complexity index is 586. The van der Waals surface area contributed by atoms with Crippen LogP contribution in [-0.2, 0) is 11.8 Å². The molecule has 0 spiro atoms. The van der Waals surface area contributed by atoms with Crippen LogP contribution in [0.5, 0.6) is 0 Å². The number of nitrogens with zero attached hydrogens (tertiary/aromatic N) is 3. The van der Waals surface area contributed by atoms with Gasteiger partial charge in [-0.15, -0.1) is 0 Å². The van der Waals surface area contributed by atoms with Crippen molar-refractivity contribution in [1.82, 2.24) is 20.0 Å². The molecule has 2 heterocycles. The minimum atomic E-state index is 0.0779. The van der Waals surface area contributed by atoms with Crippen molar-refractivity contribution >= 4 is 5.91 Å². The zero-order valence-electron chi connectivity index (χ0n) is 14.9. The Morgan fingerprint density at radius 3 is 2.42 bits per heavy atom. The molecule has 0 bridgehead atoms. The summed E-state index contributed by atoms with van der Waals surface area (Å²) in [6.07, 6.45) is 11.4. The summed E-state index contributed by atoms with van der Waals surface area (Å²) < 4.78 is 1.84. The quantitative estimate of drug-likeness (QED) is 0.921. The van der Waals surface area contributed by atoms with E-state index in [2.05, 4.69) is 28.4 Å². The standard InChI is InChI=1S/C19H30N4O/c1-13-3-5-15(6-4-13)23(16-7-8-16)19(24)18-11-20-10-17(18)14-9-21-22(2)12-14/h9,12-13,15-18,20H,3-8,10-11H2,1-2H3/t13?,15?,17-,18+/m1/s1. The summed E-state index contributed by atoms with van der Waals surface area (Å²) in [6, 6.07) is 1.00. The van der Waals surface area contributed by atoms with Gasteiger partial charge in [0.25, 0.3) is 0 Å². The van der Waals surface area contributed by atoms with E-state index in [9.17, 15) is 4.79 Å². The highest BCUT2D eigenvalue weighted by molar-refractivity contribution is 5.81. The van der Waals surface area contributed by atoms with Gasteiger partial charge in [-0.2, -0.15) is 5.10 Å². The topological polar surface area (TPSA) is 50.2 Å². The van der Waals surface area contributed by atoms with Gasteiger partial charge in [0.15, 0.2) is 0 Å². The first kappa shape index (κ1) is 16.1. The Labute approximate surface area is 144 Å². The minimum Gasteiger partial charge on any atom is -0.336 e. The summed E-state index contributed by atoms with van der Waals surface area (Å²) in [6.45, 7) is 4.05.